The highest BCUT2D eigenvalue weighted by Crippen LogP contribution is 2.46. The maximum Gasteiger partial charge on any atom is 0.351 e. The zero-order valence-electron chi connectivity index (χ0n) is 25.7. The van der Waals surface area contributed by atoms with Crippen LogP contribution >= 0.6 is 27.3 Å². The van der Waals surface area contributed by atoms with E-state index in [1.165, 1.54) is 18.4 Å². The van der Waals surface area contributed by atoms with Gasteiger partial charge in [0.25, 0.3) is 0 Å². The van der Waals surface area contributed by atoms with Gasteiger partial charge in [0.05, 0.1) is 23.1 Å². The monoisotopic (exact) mass is 686 g/mol. The summed E-state index contributed by atoms with van der Waals surface area (Å²) in [5.41, 5.74) is 1.50. The molecular formula is C33H39BrN2O7S. The molecule has 0 spiro atoms. The average molecular weight is 688 g/mol. The van der Waals surface area contributed by atoms with Gasteiger partial charge in [-0.1, -0.05) is 31.4 Å². The third-order valence-electron chi connectivity index (χ3n) is 6.90. The van der Waals surface area contributed by atoms with E-state index in [4.69, 9.17) is 18.9 Å². The minimum Gasteiger partial charge on any atom is -0.494 e. The molecule has 0 radical (unpaired) electrons. The van der Waals surface area contributed by atoms with Gasteiger partial charge < -0.3 is 24.3 Å². The lowest BCUT2D eigenvalue weighted by Gasteiger charge is -2.34. The number of carbonyl (C=O) groups excluding carboxylic acids is 3. The number of nitrogens with zero attached hydrogens (tertiary/aromatic N) is 1. The minimum absolute atomic E-state index is 0.0341. The van der Waals surface area contributed by atoms with Crippen LogP contribution in [0.4, 0.5) is 16.2 Å². The van der Waals surface area contributed by atoms with Crippen molar-refractivity contribution in [3.8, 4) is 21.9 Å². The zero-order valence-corrected chi connectivity index (χ0v) is 28.1. The molecule has 4 rings (SSSR count). The number of methoxy groups -OCH3 is 1. The number of urea groups is 1. The molecular weight excluding hydrogens is 648 g/mol. The molecule has 0 atom stereocenters. The lowest BCUT2D eigenvalue weighted by Crippen LogP contribution is -2.44. The molecule has 1 aromatic heterocycles. The van der Waals surface area contributed by atoms with Crippen molar-refractivity contribution >= 4 is 56.6 Å². The SMILES string of the molecule is CCOc1ccc(NC(=O)N(c2cccc(-c3sc(C(=O)OC)c(OCC(=O)OC(C)(C)C)c3Br)c2)C2CCCCC2)cc1. The number of rotatable bonds is 10. The normalized spacial score (nSPS) is 13.6. The molecule has 0 saturated heterocycles. The van der Waals surface area contributed by atoms with E-state index in [0.29, 0.717) is 21.6 Å². The Bertz CT molecular complexity index is 1460. The van der Waals surface area contributed by atoms with E-state index in [2.05, 4.69) is 21.2 Å². The molecule has 9 nitrogen and oxygen atoms in total. The summed E-state index contributed by atoms with van der Waals surface area (Å²) >= 11 is 4.78. The molecule has 2 amide bonds. The third-order valence-corrected chi connectivity index (χ3v) is 9.12. The molecule has 1 aliphatic rings. The van der Waals surface area contributed by atoms with Crippen LogP contribution in [-0.4, -0.2) is 49.9 Å². The summed E-state index contributed by atoms with van der Waals surface area (Å²) in [6.07, 6.45) is 5.05. The summed E-state index contributed by atoms with van der Waals surface area (Å²) in [6.45, 7) is 7.42. The smallest absolute Gasteiger partial charge is 0.351 e. The largest absolute Gasteiger partial charge is 0.494 e. The zero-order chi connectivity index (χ0) is 31.9. The molecule has 0 aliphatic heterocycles. The predicted octanol–water partition coefficient (Wildman–Crippen LogP) is 8.45. The Kier molecular flexibility index (Phi) is 11.3. The van der Waals surface area contributed by atoms with Crippen LogP contribution in [-0.2, 0) is 14.3 Å². The van der Waals surface area contributed by atoms with E-state index in [1.54, 1.807) is 20.8 Å². The van der Waals surface area contributed by atoms with Gasteiger partial charge in [0.2, 0.25) is 0 Å². The summed E-state index contributed by atoms with van der Waals surface area (Å²) in [6, 6.07) is 14.8. The number of amides is 2. The number of thiophene rings is 1. The van der Waals surface area contributed by atoms with Crippen molar-refractivity contribution in [2.75, 3.05) is 30.5 Å². The summed E-state index contributed by atoms with van der Waals surface area (Å²) in [7, 11) is 1.29. The van der Waals surface area contributed by atoms with E-state index < -0.39 is 17.5 Å². The van der Waals surface area contributed by atoms with Gasteiger partial charge in [-0.2, -0.15) is 0 Å². The van der Waals surface area contributed by atoms with Crippen LogP contribution in [0.25, 0.3) is 10.4 Å². The van der Waals surface area contributed by atoms with Gasteiger partial charge >= 0.3 is 18.0 Å². The molecule has 1 fully saturated rings. The standard InChI is InChI=1S/C33H39BrN2O7S/c1-6-41-25-17-15-22(16-18-25)35-32(39)36(23-12-8-7-9-13-23)24-14-10-11-21(19-24)29-27(34)28(30(44-29)31(38)40-5)42-20-26(37)43-33(2,3)4/h10-11,14-19,23H,6-9,12-13,20H2,1-5H3,(H,35,39). The first-order valence-electron chi connectivity index (χ1n) is 14.7. The second-order valence-corrected chi connectivity index (χ2v) is 13.2. The first-order chi connectivity index (χ1) is 21.0. The first kappa shape index (κ1) is 33.3. The van der Waals surface area contributed by atoms with Crippen LogP contribution in [0.15, 0.2) is 53.0 Å². The average Bonchev–Trinajstić information content (AvgIpc) is 3.32. The van der Waals surface area contributed by atoms with E-state index in [1.807, 2.05) is 60.4 Å². The summed E-state index contributed by atoms with van der Waals surface area (Å²) in [4.78, 5) is 41.6. The maximum absolute atomic E-state index is 13.8. The fraction of sp³-hybridized carbons (Fsp3) is 0.424. The molecule has 1 N–H and O–H groups in total. The number of benzene rings is 2. The lowest BCUT2D eigenvalue weighted by atomic mass is 9.93. The summed E-state index contributed by atoms with van der Waals surface area (Å²) in [5.74, 6) is -0.206. The number of nitrogens with one attached hydrogen (secondary N) is 1. The topological polar surface area (TPSA) is 103 Å². The minimum atomic E-state index is -0.674. The van der Waals surface area contributed by atoms with Crippen LogP contribution in [0.1, 0.15) is 69.5 Å². The van der Waals surface area contributed by atoms with Gasteiger partial charge in [-0.25, -0.2) is 14.4 Å². The van der Waals surface area contributed by atoms with Crippen molar-refractivity contribution < 1.29 is 33.3 Å². The number of esters is 2. The van der Waals surface area contributed by atoms with Crippen molar-refractivity contribution in [1.29, 1.82) is 0 Å². The molecule has 0 bridgehead atoms. The number of anilines is 2. The van der Waals surface area contributed by atoms with Gasteiger partial charge in [0, 0.05) is 17.4 Å². The van der Waals surface area contributed by atoms with E-state index in [0.717, 1.165) is 49.1 Å². The molecule has 0 unspecified atom stereocenters. The molecule has 2 aromatic carbocycles. The number of ether oxygens (including phenoxy) is 4. The quantitative estimate of drug-likeness (QED) is 0.213. The van der Waals surface area contributed by atoms with E-state index in [-0.39, 0.29) is 29.3 Å². The Morgan fingerprint density at radius 1 is 1.02 bits per heavy atom. The number of hydrogen-bond donors (Lipinski definition) is 1. The van der Waals surface area contributed by atoms with Gasteiger partial charge in [0.15, 0.2) is 17.2 Å². The highest BCUT2D eigenvalue weighted by atomic mass is 79.9. The molecule has 1 heterocycles. The number of halogens is 1. The van der Waals surface area contributed by atoms with Crippen LogP contribution in [0, 0.1) is 0 Å². The van der Waals surface area contributed by atoms with Crippen LogP contribution in [0.3, 0.4) is 0 Å². The van der Waals surface area contributed by atoms with Crippen molar-refractivity contribution in [2.45, 2.75) is 71.4 Å². The third kappa shape index (κ3) is 8.53. The van der Waals surface area contributed by atoms with Crippen LogP contribution in [0.5, 0.6) is 11.5 Å². The van der Waals surface area contributed by atoms with Gasteiger partial charge in [-0.3, -0.25) is 4.90 Å². The highest BCUT2D eigenvalue weighted by molar-refractivity contribution is 9.10. The number of hydrogen-bond acceptors (Lipinski definition) is 8. The highest BCUT2D eigenvalue weighted by Gasteiger charge is 2.29. The Labute approximate surface area is 271 Å². The van der Waals surface area contributed by atoms with Crippen molar-refractivity contribution in [3.63, 3.8) is 0 Å². The van der Waals surface area contributed by atoms with E-state index in [9.17, 15) is 14.4 Å². The maximum atomic E-state index is 13.8. The molecule has 236 valence electrons. The van der Waals surface area contributed by atoms with Crippen molar-refractivity contribution in [2.24, 2.45) is 0 Å². The molecule has 1 aliphatic carbocycles. The Morgan fingerprint density at radius 2 is 1.73 bits per heavy atom. The van der Waals surface area contributed by atoms with Crippen LogP contribution in [0.2, 0.25) is 0 Å². The molecule has 11 heteroatoms. The predicted molar refractivity (Wildman–Crippen MR) is 176 cm³/mol. The Morgan fingerprint density at radius 3 is 2.36 bits per heavy atom. The van der Waals surface area contributed by atoms with Crippen LogP contribution < -0.4 is 19.7 Å². The van der Waals surface area contributed by atoms with Gasteiger partial charge in [-0.15, -0.1) is 11.3 Å². The number of carbonyl (C=O) groups is 3. The fourth-order valence-electron chi connectivity index (χ4n) is 5.05. The van der Waals surface area contributed by atoms with Crippen molar-refractivity contribution in [3.05, 3.63) is 57.9 Å². The fourth-order valence-corrected chi connectivity index (χ4v) is 7.02. The first-order valence-corrected chi connectivity index (χ1v) is 16.3. The Hall–Kier alpha value is -3.57. The second-order valence-electron chi connectivity index (χ2n) is 11.4. The van der Waals surface area contributed by atoms with Gasteiger partial charge in [-0.05, 0) is 98.4 Å². The Balaban J connectivity index is 1.65. The summed E-state index contributed by atoms with van der Waals surface area (Å²) in [5, 5.41) is 3.06. The molecule has 1 saturated carbocycles. The lowest BCUT2D eigenvalue weighted by molar-refractivity contribution is -0.157. The summed E-state index contributed by atoms with van der Waals surface area (Å²) < 4.78 is 22.2. The second kappa shape index (κ2) is 14.9. The van der Waals surface area contributed by atoms with Gasteiger partial charge in [0.1, 0.15) is 11.4 Å². The van der Waals surface area contributed by atoms with Crippen molar-refractivity contribution in [1.82, 2.24) is 0 Å². The van der Waals surface area contributed by atoms with E-state index >= 15 is 0 Å². The molecule has 3 aromatic rings. The molecule has 44 heavy (non-hydrogen) atoms.